The molecule has 2 amide bonds. The van der Waals surface area contributed by atoms with Crippen molar-refractivity contribution in [2.45, 2.75) is 68.9 Å². The van der Waals surface area contributed by atoms with Crippen LogP contribution in [0.4, 0.5) is 20.2 Å². The molecule has 2 fully saturated rings. The number of carbonyl (C=O) groups excluding carboxylic acids is 3. The second kappa shape index (κ2) is 11.7. The lowest BCUT2D eigenvalue weighted by atomic mass is 9.55. The largest absolute Gasteiger partial charge is 0.495 e. The van der Waals surface area contributed by atoms with Crippen molar-refractivity contribution in [3.8, 4) is 5.75 Å². The van der Waals surface area contributed by atoms with Gasteiger partial charge in [0.1, 0.15) is 22.8 Å². The van der Waals surface area contributed by atoms with Gasteiger partial charge in [-0.1, -0.05) is 68.4 Å². The molecule has 1 aliphatic carbocycles. The molecule has 1 saturated carbocycles. The van der Waals surface area contributed by atoms with Crippen molar-refractivity contribution in [3.63, 3.8) is 0 Å². The number of fused-ring (bicyclic) bond motifs is 3. The van der Waals surface area contributed by atoms with E-state index in [2.05, 4.69) is 16.0 Å². The van der Waals surface area contributed by atoms with Crippen molar-refractivity contribution in [2.75, 3.05) is 17.7 Å². The molecule has 3 aliphatic rings. The maximum Gasteiger partial charge on any atom is 0.242 e. The minimum absolute atomic E-state index is 0.0137. The Hall–Kier alpha value is -3.53. The third-order valence-corrected chi connectivity index (χ3v) is 10.1. The SMILES string of the molecule is COc1cc(C(=O)C(C)C)ccc1NC(=O)[C@@H]1NC2(CCCCC2)[C@@]2(C(=O)Nc3cc(Cl)cc(F)c32)[C@H]1c1cccc(Cl)c1F. The Morgan fingerprint density at radius 2 is 1.78 bits per heavy atom. The van der Waals surface area contributed by atoms with Crippen LogP contribution in [-0.4, -0.2) is 36.3 Å². The van der Waals surface area contributed by atoms with Gasteiger partial charge in [0.05, 0.1) is 23.9 Å². The van der Waals surface area contributed by atoms with Crippen LogP contribution in [0.1, 0.15) is 73.4 Å². The quantitative estimate of drug-likeness (QED) is 0.240. The summed E-state index contributed by atoms with van der Waals surface area (Å²) in [6.07, 6.45) is 3.21. The summed E-state index contributed by atoms with van der Waals surface area (Å²) < 4.78 is 37.8. The molecule has 2 aliphatic heterocycles. The Bertz CT molecular complexity index is 1730. The molecule has 3 atom stereocenters. The van der Waals surface area contributed by atoms with Crippen molar-refractivity contribution in [2.24, 2.45) is 5.92 Å². The molecule has 3 aromatic carbocycles. The fourth-order valence-electron chi connectivity index (χ4n) is 7.78. The standard InChI is InChI=1S/C34H33Cl2F2N3O4/c1-17(2)30(42)18-10-11-23(25(14-18)45-3)39-31(43)29-26(20-8-7-9-21(36)28(20)38)34(33(41-29)12-5-4-6-13-33)27-22(37)15-19(35)16-24(27)40-32(34)44/h7-11,14-17,26,29,41H,4-6,12-13H2,1-3H3,(H,39,43)(H,40,44)/t26-,29+,34-/m0/s1. The molecule has 0 aromatic heterocycles. The number of carbonyl (C=O) groups is 3. The molecule has 7 nitrogen and oxygen atoms in total. The maximum absolute atomic E-state index is 16.2. The number of anilines is 2. The number of methoxy groups -OCH3 is 1. The van der Waals surface area contributed by atoms with Gasteiger partial charge in [0, 0.05) is 39.2 Å². The van der Waals surface area contributed by atoms with Gasteiger partial charge in [-0.3, -0.25) is 19.7 Å². The number of ether oxygens (including phenoxy) is 1. The van der Waals surface area contributed by atoms with Crippen LogP contribution in [0, 0.1) is 17.6 Å². The predicted octanol–water partition coefficient (Wildman–Crippen LogP) is 7.41. The monoisotopic (exact) mass is 655 g/mol. The van der Waals surface area contributed by atoms with Gasteiger partial charge in [0.25, 0.3) is 0 Å². The van der Waals surface area contributed by atoms with E-state index in [-0.39, 0.29) is 50.0 Å². The molecular formula is C34H33Cl2F2N3O4. The first-order valence-electron chi connectivity index (χ1n) is 15.0. The van der Waals surface area contributed by atoms with Gasteiger partial charge in [0.2, 0.25) is 11.8 Å². The number of halogens is 4. The zero-order valence-corrected chi connectivity index (χ0v) is 26.5. The van der Waals surface area contributed by atoms with Crippen molar-refractivity contribution >= 4 is 52.2 Å². The third-order valence-electron chi connectivity index (χ3n) is 9.62. The zero-order valence-electron chi connectivity index (χ0n) is 25.0. The van der Waals surface area contributed by atoms with E-state index in [1.165, 1.54) is 25.3 Å². The highest BCUT2D eigenvalue weighted by Gasteiger charge is 2.73. The van der Waals surface area contributed by atoms with Crippen molar-refractivity contribution in [1.29, 1.82) is 0 Å². The average molecular weight is 657 g/mol. The van der Waals surface area contributed by atoms with Gasteiger partial charge < -0.3 is 15.4 Å². The predicted molar refractivity (Wildman–Crippen MR) is 169 cm³/mol. The van der Waals surface area contributed by atoms with E-state index in [1.54, 1.807) is 38.1 Å². The maximum atomic E-state index is 16.2. The Balaban J connectivity index is 1.54. The normalized spacial score (nSPS) is 23.3. The number of rotatable bonds is 6. The third kappa shape index (κ3) is 4.82. The Labute approximate surface area is 270 Å². The van der Waals surface area contributed by atoms with Crippen molar-refractivity contribution in [3.05, 3.63) is 86.9 Å². The molecule has 0 unspecified atom stereocenters. The highest BCUT2D eigenvalue weighted by Crippen LogP contribution is 2.63. The molecule has 3 aromatic rings. The van der Waals surface area contributed by atoms with Gasteiger partial charge >= 0.3 is 0 Å². The fraction of sp³-hybridized carbons (Fsp3) is 0.382. The van der Waals surface area contributed by atoms with Gasteiger partial charge in [-0.2, -0.15) is 0 Å². The Morgan fingerprint density at radius 3 is 2.47 bits per heavy atom. The first-order valence-corrected chi connectivity index (χ1v) is 15.8. The number of ketones is 1. The minimum atomic E-state index is -1.72. The smallest absolute Gasteiger partial charge is 0.242 e. The summed E-state index contributed by atoms with van der Waals surface area (Å²) in [5, 5.41) is 9.09. The molecule has 2 heterocycles. The molecule has 0 radical (unpaired) electrons. The molecule has 45 heavy (non-hydrogen) atoms. The highest BCUT2D eigenvalue weighted by atomic mass is 35.5. The lowest BCUT2D eigenvalue weighted by Crippen LogP contribution is -2.60. The molecule has 6 rings (SSSR count). The van der Waals surface area contributed by atoms with Crippen LogP contribution in [-0.2, 0) is 15.0 Å². The zero-order chi connectivity index (χ0) is 32.3. The lowest BCUT2D eigenvalue weighted by molar-refractivity contribution is -0.124. The number of hydrogen-bond donors (Lipinski definition) is 3. The van der Waals surface area contributed by atoms with Crippen LogP contribution < -0.4 is 20.7 Å². The van der Waals surface area contributed by atoms with E-state index in [4.69, 9.17) is 27.9 Å². The topological polar surface area (TPSA) is 96.5 Å². The van der Waals surface area contributed by atoms with Crippen LogP contribution >= 0.6 is 23.2 Å². The van der Waals surface area contributed by atoms with Crippen LogP contribution in [0.15, 0.2) is 48.5 Å². The number of Topliss-reactive ketones (excluding diaryl/α,β-unsaturated/α-hetero) is 1. The molecule has 11 heteroatoms. The highest BCUT2D eigenvalue weighted by molar-refractivity contribution is 6.31. The van der Waals surface area contributed by atoms with E-state index in [0.717, 1.165) is 12.5 Å². The Kier molecular flexibility index (Phi) is 8.16. The summed E-state index contributed by atoms with van der Waals surface area (Å²) in [5.41, 5.74) is -1.86. The lowest BCUT2D eigenvalue weighted by Gasteiger charge is -2.47. The summed E-state index contributed by atoms with van der Waals surface area (Å²) in [6, 6.07) is 10.6. The number of hydrogen-bond acceptors (Lipinski definition) is 5. The summed E-state index contributed by atoms with van der Waals surface area (Å²) in [4.78, 5) is 41.5. The van der Waals surface area contributed by atoms with E-state index in [9.17, 15) is 14.4 Å². The van der Waals surface area contributed by atoms with Gasteiger partial charge in [-0.25, -0.2) is 8.78 Å². The second-order valence-corrected chi connectivity index (χ2v) is 13.2. The van der Waals surface area contributed by atoms with Gasteiger partial charge in [0.15, 0.2) is 5.78 Å². The summed E-state index contributed by atoms with van der Waals surface area (Å²) in [7, 11) is 1.42. The first kappa shape index (κ1) is 31.5. The average Bonchev–Trinajstić information content (AvgIpc) is 3.46. The Morgan fingerprint density at radius 1 is 1.04 bits per heavy atom. The number of benzene rings is 3. The number of amides is 2. The molecular weight excluding hydrogens is 623 g/mol. The second-order valence-electron chi connectivity index (χ2n) is 12.4. The van der Waals surface area contributed by atoms with Crippen LogP contribution in [0.2, 0.25) is 10.0 Å². The van der Waals surface area contributed by atoms with Gasteiger partial charge in [-0.05, 0) is 54.8 Å². The summed E-state index contributed by atoms with van der Waals surface area (Å²) in [5.74, 6) is -3.92. The molecule has 3 N–H and O–H groups in total. The van der Waals surface area contributed by atoms with Crippen LogP contribution in [0.5, 0.6) is 5.75 Å². The van der Waals surface area contributed by atoms with Crippen molar-refractivity contribution in [1.82, 2.24) is 5.32 Å². The fourth-order valence-corrected chi connectivity index (χ4v) is 8.17. The summed E-state index contributed by atoms with van der Waals surface area (Å²) >= 11 is 12.5. The van der Waals surface area contributed by atoms with E-state index in [1.807, 2.05) is 0 Å². The van der Waals surface area contributed by atoms with Gasteiger partial charge in [-0.15, -0.1) is 0 Å². The number of nitrogens with one attached hydrogen (secondary N) is 3. The molecule has 236 valence electrons. The van der Waals surface area contributed by atoms with E-state index >= 15 is 8.78 Å². The van der Waals surface area contributed by atoms with Crippen molar-refractivity contribution < 1.29 is 27.9 Å². The van der Waals surface area contributed by atoms with Crippen LogP contribution in [0.3, 0.4) is 0 Å². The van der Waals surface area contributed by atoms with Crippen LogP contribution in [0.25, 0.3) is 0 Å². The summed E-state index contributed by atoms with van der Waals surface area (Å²) in [6.45, 7) is 3.58. The molecule has 1 saturated heterocycles. The molecule has 0 bridgehead atoms. The first-order chi connectivity index (χ1) is 21.4. The molecule has 2 spiro atoms. The minimum Gasteiger partial charge on any atom is -0.495 e. The van der Waals surface area contributed by atoms with E-state index in [0.29, 0.717) is 31.2 Å². The van der Waals surface area contributed by atoms with E-state index < -0.39 is 46.4 Å².